The molecule has 0 spiro atoms. The molecule has 0 radical (unpaired) electrons. The molecular weight excluding hydrogens is 218 g/mol. The van der Waals surface area contributed by atoms with Crippen molar-refractivity contribution in [2.75, 3.05) is 18.9 Å². The second-order valence-electron chi connectivity index (χ2n) is 4.28. The van der Waals surface area contributed by atoms with Gasteiger partial charge in [-0.15, -0.1) is 0 Å². The lowest BCUT2D eigenvalue weighted by Crippen LogP contribution is -2.45. The van der Waals surface area contributed by atoms with Crippen LogP contribution in [0.25, 0.3) is 0 Å². The van der Waals surface area contributed by atoms with Gasteiger partial charge in [-0.25, -0.2) is 4.98 Å². The highest BCUT2D eigenvalue weighted by molar-refractivity contribution is 5.94. The van der Waals surface area contributed by atoms with Gasteiger partial charge in [-0.2, -0.15) is 0 Å². The van der Waals surface area contributed by atoms with Crippen molar-refractivity contribution < 1.29 is 9.90 Å². The summed E-state index contributed by atoms with van der Waals surface area (Å²) >= 11 is 0. The smallest absolute Gasteiger partial charge is 0.255 e. The number of aliphatic hydroxyl groups is 1. The first-order chi connectivity index (χ1) is 8.22. The van der Waals surface area contributed by atoms with Crippen LogP contribution in [0.2, 0.25) is 0 Å². The molecule has 5 nitrogen and oxygen atoms in total. The SMILES string of the molecule is Nc1ccc(C(=O)N(CCO)C2CCC2)cn1. The van der Waals surface area contributed by atoms with E-state index in [4.69, 9.17) is 10.8 Å². The molecule has 0 aliphatic heterocycles. The van der Waals surface area contributed by atoms with Crippen LogP contribution in [0.15, 0.2) is 18.3 Å². The van der Waals surface area contributed by atoms with Crippen molar-refractivity contribution in [1.29, 1.82) is 0 Å². The van der Waals surface area contributed by atoms with Crippen LogP contribution in [-0.4, -0.2) is 40.1 Å². The predicted octanol–water partition coefficient (Wildman–Crippen LogP) is 0.651. The van der Waals surface area contributed by atoms with E-state index in [2.05, 4.69) is 4.98 Å². The summed E-state index contributed by atoms with van der Waals surface area (Å²) in [5.41, 5.74) is 6.01. The van der Waals surface area contributed by atoms with Gasteiger partial charge < -0.3 is 15.7 Å². The van der Waals surface area contributed by atoms with E-state index in [9.17, 15) is 4.79 Å². The van der Waals surface area contributed by atoms with Crippen LogP contribution in [0, 0.1) is 0 Å². The van der Waals surface area contributed by atoms with E-state index in [1.54, 1.807) is 17.0 Å². The minimum absolute atomic E-state index is 0.00928. The van der Waals surface area contributed by atoms with E-state index in [-0.39, 0.29) is 18.6 Å². The Morgan fingerprint density at radius 3 is 2.76 bits per heavy atom. The maximum absolute atomic E-state index is 12.2. The molecule has 0 aromatic carbocycles. The first-order valence-corrected chi connectivity index (χ1v) is 5.85. The molecule has 17 heavy (non-hydrogen) atoms. The lowest BCUT2D eigenvalue weighted by molar-refractivity contribution is 0.0525. The number of hydrogen-bond donors (Lipinski definition) is 2. The van der Waals surface area contributed by atoms with Crippen LogP contribution in [0.4, 0.5) is 5.82 Å². The minimum Gasteiger partial charge on any atom is -0.395 e. The van der Waals surface area contributed by atoms with Gasteiger partial charge in [0.15, 0.2) is 0 Å². The van der Waals surface area contributed by atoms with E-state index < -0.39 is 0 Å². The van der Waals surface area contributed by atoms with Gasteiger partial charge in [0, 0.05) is 18.8 Å². The first-order valence-electron chi connectivity index (χ1n) is 5.85. The molecule has 2 rings (SSSR count). The van der Waals surface area contributed by atoms with Crippen molar-refractivity contribution in [3.05, 3.63) is 23.9 Å². The Balaban J connectivity index is 2.12. The number of aliphatic hydroxyl groups excluding tert-OH is 1. The van der Waals surface area contributed by atoms with Gasteiger partial charge >= 0.3 is 0 Å². The molecular formula is C12H17N3O2. The van der Waals surface area contributed by atoms with Gasteiger partial charge in [-0.1, -0.05) is 0 Å². The van der Waals surface area contributed by atoms with Gasteiger partial charge in [0.1, 0.15) is 5.82 Å². The third-order valence-corrected chi connectivity index (χ3v) is 3.15. The number of nitrogens with zero attached hydrogens (tertiary/aromatic N) is 2. The topological polar surface area (TPSA) is 79.5 Å². The summed E-state index contributed by atoms with van der Waals surface area (Å²) in [6, 6.07) is 3.56. The van der Waals surface area contributed by atoms with Gasteiger partial charge in [0.25, 0.3) is 5.91 Å². The summed E-state index contributed by atoms with van der Waals surface area (Å²) in [4.78, 5) is 17.9. The largest absolute Gasteiger partial charge is 0.395 e. The van der Waals surface area contributed by atoms with Gasteiger partial charge in [-0.05, 0) is 31.4 Å². The molecule has 0 unspecified atom stereocenters. The zero-order valence-corrected chi connectivity index (χ0v) is 9.67. The Bertz CT molecular complexity index is 387. The molecule has 1 saturated carbocycles. The summed E-state index contributed by atoms with van der Waals surface area (Å²) in [6.45, 7) is 0.374. The molecule has 1 aromatic rings. The molecule has 1 amide bonds. The molecule has 92 valence electrons. The number of aromatic nitrogens is 1. The van der Waals surface area contributed by atoms with Gasteiger partial charge in [-0.3, -0.25) is 4.79 Å². The Kier molecular flexibility index (Phi) is 3.58. The molecule has 5 heteroatoms. The molecule has 1 fully saturated rings. The molecule has 3 N–H and O–H groups in total. The average molecular weight is 235 g/mol. The highest BCUT2D eigenvalue weighted by Gasteiger charge is 2.28. The fraction of sp³-hybridized carbons (Fsp3) is 0.500. The van der Waals surface area contributed by atoms with Crippen molar-refractivity contribution in [3.63, 3.8) is 0 Å². The fourth-order valence-corrected chi connectivity index (χ4v) is 1.95. The fourth-order valence-electron chi connectivity index (χ4n) is 1.95. The van der Waals surface area contributed by atoms with Crippen molar-refractivity contribution in [2.24, 2.45) is 0 Å². The second kappa shape index (κ2) is 5.14. The third-order valence-electron chi connectivity index (χ3n) is 3.15. The van der Waals surface area contributed by atoms with Crippen LogP contribution in [0.1, 0.15) is 29.6 Å². The van der Waals surface area contributed by atoms with Crippen LogP contribution in [0.3, 0.4) is 0 Å². The summed E-state index contributed by atoms with van der Waals surface area (Å²) in [5.74, 6) is 0.329. The molecule has 1 aromatic heterocycles. The number of anilines is 1. The van der Waals surface area contributed by atoms with E-state index in [0.29, 0.717) is 17.9 Å². The maximum Gasteiger partial charge on any atom is 0.255 e. The Morgan fingerprint density at radius 2 is 2.29 bits per heavy atom. The van der Waals surface area contributed by atoms with Gasteiger partial charge in [0.2, 0.25) is 0 Å². The van der Waals surface area contributed by atoms with Crippen LogP contribution < -0.4 is 5.73 Å². The number of carbonyl (C=O) groups is 1. The summed E-state index contributed by atoms with van der Waals surface area (Å²) < 4.78 is 0. The lowest BCUT2D eigenvalue weighted by Gasteiger charge is -2.37. The number of amides is 1. The standard InChI is InChI=1S/C12H17N3O2/c13-11-5-4-9(8-14-11)12(17)15(6-7-16)10-2-1-3-10/h4-5,8,10,16H,1-3,6-7H2,(H2,13,14). The minimum atomic E-state index is -0.0729. The van der Waals surface area contributed by atoms with Crippen molar-refractivity contribution in [2.45, 2.75) is 25.3 Å². The van der Waals surface area contributed by atoms with Crippen LogP contribution in [-0.2, 0) is 0 Å². The van der Waals surface area contributed by atoms with Crippen LogP contribution in [0.5, 0.6) is 0 Å². The monoisotopic (exact) mass is 235 g/mol. The van der Waals surface area contributed by atoms with Gasteiger partial charge in [0.05, 0.1) is 12.2 Å². The number of nitrogen functional groups attached to an aromatic ring is 1. The first kappa shape index (κ1) is 11.9. The predicted molar refractivity (Wildman–Crippen MR) is 64.4 cm³/mol. The molecule has 0 atom stereocenters. The Hall–Kier alpha value is -1.62. The van der Waals surface area contributed by atoms with E-state index in [1.165, 1.54) is 6.20 Å². The molecule has 1 aliphatic carbocycles. The van der Waals surface area contributed by atoms with E-state index in [0.717, 1.165) is 19.3 Å². The second-order valence-corrected chi connectivity index (χ2v) is 4.28. The number of nitrogens with two attached hydrogens (primary N) is 1. The lowest BCUT2D eigenvalue weighted by atomic mass is 9.91. The van der Waals surface area contributed by atoms with Crippen molar-refractivity contribution in [1.82, 2.24) is 9.88 Å². The summed E-state index contributed by atoms with van der Waals surface area (Å²) in [7, 11) is 0. The highest BCUT2D eigenvalue weighted by atomic mass is 16.3. The zero-order valence-electron chi connectivity index (χ0n) is 9.67. The van der Waals surface area contributed by atoms with Crippen LogP contribution >= 0.6 is 0 Å². The number of hydrogen-bond acceptors (Lipinski definition) is 4. The summed E-state index contributed by atoms with van der Waals surface area (Å²) in [6.07, 6.45) is 4.68. The quantitative estimate of drug-likeness (QED) is 0.803. The average Bonchev–Trinajstić information content (AvgIpc) is 2.26. The molecule has 0 bridgehead atoms. The molecule has 1 aliphatic rings. The molecule has 1 heterocycles. The number of rotatable bonds is 4. The molecule has 0 saturated heterocycles. The Morgan fingerprint density at radius 1 is 1.53 bits per heavy atom. The number of carbonyl (C=O) groups excluding carboxylic acids is 1. The van der Waals surface area contributed by atoms with Crippen molar-refractivity contribution in [3.8, 4) is 0 Å². The van der Waals surface area contributed by atoms with E-state index >= 15 is 0 Å². The highest BCUT2D eigenvalue weighted by Crippen LogP contribution is 2.25. The normalized spacial score (nSPS) is 15.4. The number of pyridine rings is 1. The maximum atomic E-state index is 12.2. The Labute approximate surface area is 100 Å². The zero-order chi connectivity index (χ0) is 12.3. The van der Waals surface area contributed by atoms with E-state index in [1.807, 2.05) is 0 Å². The van der Waals surface area contributed by atoms with Crippen molar-refractivity contribution >= 4 is 11.7 Å². The summed E-state index contributed by atoms with van der Waals surface area (Å²) in [5, 5.41) is 9.02. The third kappa shape index (κ3) is 2.55.